The Kier molecular flexibility index (Phi) is 2.80. The molecule has 18 heavy (non-hydrogen) atoms. The number of sulfonamides is 1. The number of hydrogen-bond acceptors (Lipinski definition) is 3. The van der Waals surface area contributed by atoms with E-state index < -0.39 is 26.9 Å². The zero-order valence-electron chi connectivity index (χ0n) is 8.42. The molecule has 0 unspecified atom stereocenters. The fourth-order valence-corrected chi connectivity index (χ4v) is 2.46. The van der Waals surface area contributed by atoms with Crippen molar-refractivity contribution in [2.75, 3.05) is 0 Å². The zero-order chi connectivity index (χ0) is 13.7. The predicted molar refractivity (Wildman–Crippen MR) is 57.5 cm³/mol. The standard InChI is InChI=1S/C8H5ClF3N3O2S/c9-3-1-4-5(2-6(3)18(13,16)17)15-7(14-4)8(10,11)12/h1-2H,(H,14,15)(H2,13,16,17). The van der Waals surface area contributed by atoms with Crippen LogP contribution in [0.15, 0.2) is 17.0 Å². The molecular formula is C8H5ClF3N3O2S. The second-order valence-electron chi connectivity index (χ2n) is 3.43. The van der Waals surface area contributed by atoms with E-state index in [4.69, 9.17) is 16.7 Å². The van der Waals surface area contributed by atoms with Crippen molar-refractivity contribution in [2.45, 2.75) is 11.1 Å². The molecule has 0 spiro atoms. The van der Waals surface area contributed by atoms with Gasteiger partial charge in [0.05, 0.1) is 16.1 Å². The Morgan fingerprint density at radius 3 is 2.44 bits per heavy atom. The number of nitrogens with one attached hydrogen (secondary N) is 1. The summed E-state index contributed by atoms with van der Waals surface area (Å²) < 4.78 is 59.5. The topological polar surface area (TPSA) is 88.8 Å². The van der Waals surface area contributed by atoms with Crippen LogP contribution >= 0.6 is 11.6 Å². The Balaban J connectivity index is 2.73. The SMILES string of the molecule is NS(=O)(=O)c1cc2[nH]c(C(F)(F)F)nc2cc1Cl. The zero-order valence-corrected chi connectivity index (χ0v) is 9.99. The van der Waals surface area contributed by atoms with Gasteiger partial charge in [0.25, 0.3) is 0 Å². The van der Waals surface area contributed by atoms with E-state index in [-0.39, 0.29) is 16.1 Å². The summed E-state index contributed by atoms with van der Waals surface area (Å²) in [6.45, 7) is 0. The van der Waals surface area contributed by atoms with Crippen molar-refractivity contribution in [3.05, 3.63) is 23.0 Å². The van der Waals surface area contributed by atoms with E-state index in [2.05, 4.69) is 4.98 Å². The van der Waals surface area contributed by atoms with Crippen LogP contribution in [0.5, 0.6) is 0 Å². The summed E-state index contributed by atoms with van der Waals surface area (Å²) >= 11 is 5.62. The van der Waals surface area contributed by atoms with Gasteiger partial charge in [-0.3, -0.25) is 0 Å². The van der Waals surface area contributed by atoms with Crippen molar-refractivity contribution >= 4 is 32.7 Å². The highest BCUT2D eigenvalue weighted by molar-refractivity contribution is 7.89. The third kappa shape index (κ3) is 2.28. The Morgan fingerprint density at radius 1 is 1.33 bits per heavy atom. The molecule has 3 N–H and O–H groups in total. The molecule has 10 heteroatoms. The summed E-state index contributed by atoms with van der Waals surface area (Å²) in [5.74, 6) is -1.24. The van der Waals surface area contributed by atoms with Crippen LogP contribution in [-0.4, -0.2) is 18.4 Å². The van der Waals surface area contributed by atoms with Gasteiger partial charge in [-0.2, -0.15) is 13.2 Å². The molecule has 0 amide bonds. The van der Waals surface area contributed by atoms with E-state index in [1.807, 2.05) is 4.98 Å². The van der Waals surface area contributed by atoms with Crippen molar-refractivity contribution in [2.24, 2.45) is 5.14 Å². The minimum Gasteiger partial charge on any atom is -0.334 e. The van der Waals surface area contributed by atoms with Gasteiger partial charge < -0.3 is 4.98 Å². The first-order chi connectivity index (χ1) is 8.09. The number of nitrogens with zero attached hydrogens (tertiary/aromatic N) is 1. The largest absolute Gasteiger partial charge is 0.449 e. The lowest BCUT2D eigenvalue weighted by Gasteiger charge is -2.00. The van der Waals surface area contributed by atoms with Crippen molar-refractivity contribution in [1.82, 2.24) is 9.97 Å². The molecule has 98 valence electrons. The van der Waals surface area contributed by atoms with Crippen LogP contribution in [0.3, 0.4) is 0 Å². The van der Waals surface area contributed by atoms with Crippen LogP contribution in [0, 0.1) is 0 Å². The smallest absolute Gasteiger partial charge is 0.334 e. The summed E-state index contributed by atoms with van der Waals surface area (Å²) in [5.41, 5.74) is -0.213. The molecule has 0 fully saturated rings. The Labute approximate surface area is 104 Å². The normalized spacial score (nSPS) is 13.2. The third-order valence-corrected chi connectivity index (χ3v) is 3.49. The lowest BCUT2D eigenvalue weighted by atomic mass is 10.3. The first kappa shape index (κ1) is 13.1. The molecule has 0 radical (unpaired) electrons. The van der Waals surface area contributed by atoms with Gasteiger partial charge in [0.2, 0.25) is 15.8 Å². The van der Waals surface area contributed by atoms with Gasteiger partial charge >= 0.3 is 6.18 Å². The number of primary sulfonamides is 1. The Morgan fingerprint density at radius 2 is 1.94 bits per heavy atom. The highest BCUT2D eigenvalue weighted by Crippen LogP contribution is 2.31. The molecule has 2 rings (SSSR count). The fraction of sp³-hybridized carbons (Fsp3) is 0.125. The predicted octanol–water partition coefficient (Wildman–Crippen LogP) is 1.88. The van der Waals surface area contributed by atoms with Crippen molar-refractivity contribution in [3.8, 4) is 0 Å². The average molecular weight is 300 g/mol. The second kappa shape index (κ2) is 3.84. The number of benzene rings is 1. The van der Waals surface area contributed by atoms with Gasteiger partial charge in [-0.25, -0.2) is 18.5 Å². The summed E-state index contributed by atoms with van der Waals surface area (Å²) in [4.78, 5) is 4.76. The minimum atomic E-state index is -4.66. The van der Waals surface area contributed by atoms with Crippen LogP contribution in [0.2, 0.25) is 5.02 Å². The van der Waals surface area contributed by atoms with E-state index >= 15 is 0 Å². The lowest BCUT2D eigenvalue weighted by molar-refractivity contribution is -0.144. The summed E-state index contributed by atoms with van der Waals surface area (Å²) in [6, 6.07) is 1.91. The number of fused-ring (bicyclic) bond motifs is 1. The molecule has 5 nitrogen and oxygen atoms in total. The lowest BCUT2D eigenvalue weighted by Crippen LogP contribution is -2.12. The van der Waals surface area contributed by atoms with Gasteiger partial charge in [0.1, 0.15) is 4.90 Å². The van der Waals surface area contributed by atoms with Crippen LogP contribution in [0.25, 0.3) is 11.0 Å². The van der Waals surface area contributed by atoms with Crippen molar-refractivity contribution < 1.29 is 21.6 Å². The molecule has 0 aliphatic carbocycles. The number of aromatic nitrogens is 2. The van der Waals surface area contributed by atoms with Crippen LogP contribution in [0.4, 0.5) is 13.2 Å². The van der Waals surface area contributed by atoms with E-state index in [0.717, 1.165) is 12.1 Å². The monoisotopic (exact) mass is 299 g/mol. The Bertz CT molecular complexity index is 723. The van der Waals surface area contributed by atoms with Crippen molar-refractivity contribution in [1.29, 1.82) is 0 Å². The van der Waals surface area contributed by atoms with Gasteiger partial charge in [0, 0.05) is 0 Å². The van der Waals surface area contributed by atoms with Gasteiger partial charge in [-0.1, -0.05) is 11.6 Å². The first-order valence-corrected chi connectivity index (χ1v) is 6.31. The molecule has 1 aromatic heterocycles. The number of aromatic amines is 1. The number of rotatable bonds is 1. The maximum absolute atomic E-state index is 12.4. The highest BCUT2D eigenvalue weighted by Gasteiger charge is 2.35. The number of alkyl halides is 3. The number of H-pyrrole nitrogens is 1. The molecule has 0 bridgehead atoms. The fourth-order valence-electron chi connectivity index (χ4n) is 1.36. The van der Waals surface area contributed by atoms with Gasteiger partial charge in [0.15, 0.2) is 0 Å². The molecule has 1 aromatic carbocycles. The maximum atomic E-state index is 12.4. The molecule has 0 saturated carbocycles. The van der Waals surface area contributed by atoms with E-state index in [0.29, 0.717) is 0 Å². The number of halogens is 4. The Hall–Kier alpha value is -1.32. The number of hydrogen-bond donors (Lipinski definition) is 2. The highest BCUT2D eigenvalue weighted by atomic mass is 35.5. The minimum absolute atomic E-state index is 0.0975. The number of imidazole rings is 1. The third-order valence-electron chi connectivity index (χ3n) is 2.11. The van der Waals surface area contributed by atoms with Crippen molar-refractivity contribution in [3.63, 3.8) is 0 Å². The maximum Gasteiger partial charge on any atom is 0.449 e. The number of nitrogens with two attached hydrogens (primary N) is 1. The van der Waals surface area contributed by atoms with E-state index in [1.165, 1.54) is 0 Å². The van der Waals surface area contributed by atoms with Crippen LogP contribution in [-0.2, 0) is 16.2 Å². The second-order valence-corrected chi connectivity index (χ2v) is 5.37. The summed E-state index contributed by atoms with van der Waals surface area (Å²) in [5, 5.41) is 4.59. The molecular weight excluding hydrogens is 295 g/mol. The molecule has 0 atom stereocenters. The molecule has 1 heterocycles. The van der Waals surface area contributed by atoms with Gasteiger partial charge in [-0.05, 0) is 12.1 Å². The van der Waals surface area contributed by atoms with Crippen LogP contribution < -0.4 is 5.14 Å². The molecule has 2 aromatic rings. The molecule has 0 aliphatic heterocycles. The van der Waals surface area contributed by atoms with E-state index in [9.17, 15) is 21.6 Å². The molecule has 0 aliphatic rings. The quantitative estimate of drug-likeness (QED) is 0.842. The summed E-state index contributed by atoms with van der Waals surface area (Å²) in [6.07, 6.45) is -4.66. The van der Waals surface area contributed by atoms with Crippen LogP contribution in [0.1, 0.15) is 5.82 Å². The molecule has 0 saturated heterocycles. The average Bonchev–Trinajstić information content (AvgIpc) is 2.56. The first-order valence-electron chi connectivity index (χ1n) is 4.38. The van der Waals surface area contributed by atoms with Gasteiger partial charge in [-0.15, -0.1) is 0 Å². The van der Waals surface area contributed by atoms with E-state index in [1.54, 1.807) is 0 Å². The summed E-state index contributed by atoms with van der Waals surface area (Å²) in [7, 11) is -4.11.